The zero-order valence-corrected chi connectivity index (χ0v) is 10.6. The predicted octanol–water partition coefficient (Wildman–Crippen LogP) is 1.89. The summed E-state index contributed by atoms with van der Waals surface area (Å²) in [4.78, 5) is 12.3. The number of nitrogens with one attached hydrogen (secondary N) is 1. The number of ether oxygens (including phenoxy) is 1. The van der Waals surface area contributed by atoms with Crippen molar-refractivity contribution < 1.29 is 9.53 Å². The average molecular weight is 252 g/mol. The summed E-state index contributed by atoms with van der Waals surface area (Å²) in [6.07, 6.45) is 1.35. The summed E-state index contributed by atoms with van der Waals surface area (Å²) in [5.41, 5.74) is 8.70. The minimum Gasteiger partial charge on any atom is -0.398 e. The van der Waals surface area contributed by atoms with E-state index < -0.39 is 0 Å². The molecule has 0 saturated carbocycles. The van der Waals surface area contributed by atoms with E-state index in [0.717, 1.165) is 22.8 Å². The van der Waals surface area contributed by atoms with Gasteiger partial charge in [0.05, 0.1) is 6.61 Å². The lowest BCUT2D eigenvalue weighted by Crippen LogP contribution is -2.19. The second kappa shape index (κ2) is 5.42. The van der Waals surface area contributed by atoms with Crippen LogP contribution in [0.4, 0.5) is 11.4 Å². The molecule has 0 bridgehead atoms. The van der Waals surface area contributed by atoms with Crippen molar-refractivity contribution in [3.8, 4) is 0 Å². The van der Waals surface area contributed by atoms with Crippen molar-refractivity contribution >= 4 is 29.0 Å². The number of rotatable bonds is 4. The van der Waals surface area contributed by atoms with Crippen LogP contribution in [0.3, 0.4) is 0 Å². The number of carbonyl (C=O) groups is 1. The van der Waals surface area contributed by atoms with Crippen molar-refractivity contribution in [2.75, 3.05) is 30.5 Å². The fourth-order valence-corrected chi connectivity index (χ4v) is 2.70. The number of fused-ring (bicyclic) bond motifs is 1. The van der Waals surface area contributed by atoms with Gasteiger partial charge in [0.25, 0.3) is 0 Å². The molecular weight excluding hydrogens is 236 g/mol. The van der Waals surface area contributed by atoms with Crippen molar-refractivity contribution in [3.05, 3.63) is 17.7 Å². The summed E-state index contributed by atoms with van der Waals surface area (Å²) in [5, 5.41) is 2.84. The van der Waals surface area contributed by atoms with Gasteiger partial charge in [-0.1, -0.05) is 0 Å². The summed E-state index contributed by atoms with van der Waals surface area (Å²) in [6, 6.07) is 3.92. The maximum Gasteiger partial charge on any atom is 0.224 e. The maximum absolute atomic E-state index is 11.3. The molecule has 4 nitrogen and oxygen atoms in total. The molecule has 0 aliphatic carbocycles. The normalized spacial score (nSPS) is 14.3. The van der Waals surface area contributed by atoms with Crippen LogP contribution >= 0.6 is 11.8 Å². The molecule has 17 heavy (non-hydrogen) atoms. The Bertz CT molecular complexity index is 435. The third-order valence-electron chi connectivity index (χ3n) is 2.68. The Kier molecular flexibility index (Phi) is 3.91. The van der Waals surface area contributed by atoms with Gasteiger partial charge in [-0.15, -0.1) is 11.8 Å². The van der Waals surface area contributed by atoms with Crippen molar-refractivity contribution in [2.24, 2.45) is 0 Å². The molecule has 0 spiro atoms. The van der Waals surface area contributed by atoms with Gasteiger partial charge in [0.15, 0.2) is 0 Å². The number of anilines is 2. The lowest BCUT2D eigenvalue weighted by atomic mass is 10.0. The van der Waals surface area contributed by atoms with Crippen LogP contribution in [0.25, 0.3) is 0 Å². The van der Waals surface area contributed by atoms with E-state index in [9.17, 15) is 4.79 Å². The molecule has 0 atom stereocenters. The van der Waals surface area contributed by atoms with Crippen LogP contribution in [-0.2, 0) is 16.0 Å². The minimum absolute atomic E-state index is 0.0664. The van der Waals surface area contributed by atoms with Crippen molar-refractivity contribution in [1.82, 2.24) is 0 Å². The number of hydrogen-bond acceptors (Lipinski definition) is 4. The standard InChI is InChI=1S/C12H16N2O2S/c1-16-4-5-17-11-6-8-2-3-12(15)14-10(8)7-9(11)13/h6-7H,2-5,13H2,1H3,(H,14,15). The zero-order valence-electron chi connectivity index (χ0n) is 9.79. The highest BCUT2D eigenvalue weighted by Crippen LogP contribution is 2.33. The van der Waals surface area contributed by atoms with Crippen LogP contribution in [0, 0.1) is 0 Å². The molecular formula is C12H16N2O2S. The molecule has 92 valence electrons. The molecule has 1 aromatic carbocycles. The first-order chi connectivity index (χ1) is 8.20. The number of nitrogens with two attached hydrogens (primary N) is 1. The quantitative estimate of drug-likeness (QED) is 0.488. The SMILES string of the molecule is COCCSc1cc2c(cc1N)NC(=O)CC2. The number of hydrogen-bond donors (Lipinski definition) is 2. The van der Waals surface area contributed by atoms with Gasteiger partial charge in [0.2, 0.25) is 5.91 Å². The fourth-order valence-electron chi connectivity index (χ4n) is 1.78. The number of aryl methyl sites for hydroxylation is 1. The molecule has 0 radical (unpaired) electrons. The highest BCUT2D eigenvalue weighted by atomic mass is 32.2. The fraction of sp³-hybridized carbons (Fsp3) is 0.417. The van der Waals surface area contributed by atoms with Gasteiger partial charge in [0.1, 0.15) is 0 Å². The van der Waals surface area contributed by atoms with E-state index in [0.29, 0.717) is 18.7 Å². The summed E-state index contributed by atoms with van der Waals surface area (Å²) in [6.45, 7) is 0.706. The van der Waals surface area contributed by atoms with E-state index in [1.54, 1.807) is 18.9 Å². The molecule has 2 rings (SSSR count). The number of benzene rings is 1. The van der Waals surface area contributed by atoms with Crippen LogP contribution in [0.15, 0.2) is 17.0 Å². The van der Waals surface area contributed by atoms with E-state index in [2.05, 4.69) is 11.4 Å². The largest absolute Gasteiger partial charge is 0.398 e. The first-order valence-electron chi connectivity index (χ1n) is 5.54. The van der Waals surface area contributed by atoms with E-state index >= 15 is 0 Å². The molecule has 0 unspecified atom stereocenters. The number of nitrogen functional groups attached to an aromatic ring is 1. The summed E-state index contributed by atoms with van der Waals surface area (Å²) in [7, 11) is 1.69. The maximum atomic E-state index is 11.3. The Morgan fingerprint density at radius 2 is 2.29 bits per heavy atom. The lowest BCUT2D eigenvalue weighted by molar-refractivity contribution is -0.116. The van der Waals surface area contributed by atoms with Gasteiger partial charge in [-0.2, -0.15) is 0 Å². The molecule has 1 aliphatic heterocycles. The molecule has 0 aromatic heterocycles. The van der Waals surface area contributed by atoms with Gasteiger partial charge >= 0.3 is 0 Å². The summed E-state index contributed by atoms with van der Waals surface area (Å²) >= 11 is 1.68. The number of thioether (sulfide) groups is 1. The predicted molar refractivity (Wildman–Crippen MR) is 70.4 cm³/mol. The number of carbonyl (C=O) groups excluding carboxylic acids is 1. The Hall–Kier alpha value is -1.20. The van der Waals surface area contributed by atoms with Crippen LogP contribution in [0.5, 0.6) is 0 Å². The third kappa shape index (κ3) is 2.92. The van der Waals surface area contributed by atoms with E-state index in [1.807, 2.05) is 6.07 Å². The highest BCUT2D eigenvalue weighted by Gasteiger charge is 2.16. The second-order valence-electron chi connectivity index (χ2n) is 3.94. The van der Waals surface area contributed by atoms with Crippen LogP contribution < -0.4 is 11.1 Å². The second-order valence-corrected chi connectivity index (χ2v) is 5.07. The Morgan fingerprint density at radius 1 is 1.47 bits per heavy atom. The minimum atomic E-state index is 0.0664. The van der Waals surface area contributed by atoms with E-state index in [4.69, 9.17) is 10.5 Å². The molecule has 1 aromatic rings. The van der Waals surface area contributed by atoms with Gasteiger partial charge in [-0.3, -0.25) is 4.79 Å². The average Bonchev–Trinajstić information content (AvgIpc) is 2.30. The van der Waals surface area contributed by atoms with E-state index in [-0.39, 0.29) is 5.91 Å². The van der Waals surface area contributed by atoms with Crippen molar-refractivity contribution in [3.63, 3.8) is 0 Å². The number of methoxy groups -OCH3 is 1. The van der Waals surface area contributed by atoms with Crippen molar-refractivity contribution in [2.45, 2.75) is 17.7 Å². The summed E-state index contributed by atoms with van der Waals surface area (Å²) < 4.78 is 5.01. The Labute approximate surface area is 105 Å². The van der Waals surface area contributed by atoms with Crippen LogP contribution in [-0.4, -0.2) is 25.4 Å². The zero-order chi connectivity index (χ0) is 12.3. The monoisotopic (exact) mass is 252 g/mol. The van der Waals surface area contributed by atoms with Gasteiger partial charge < -0.3 is 15.8 Å². The molecule has 1 heterocycles. The number of amides is 1. The van der Waals surface area contributed by atoms with Crippen LogP contribution in [0.2, 0.25) is 0 Å². The molecule has 1 aliphatic rings. The van der Waals surface area contributed by atoms with Gasteiger partial charge in [-0.25, -0.2) is 0 Å². The first-order valence-corrected chi connectivity index (χ1v) is 6.53. The van der Waals surface area contributed by atoms with Crippen LogP contribution in [0.1, 0.15) is 12.0 Å². The molecule has 5 heteroatoms. The van der Waals surface area contributed by atoms with Gasteiger partial charge in [-0.05, 0) is 24.1 Å². The molecule has 1 amide bonds. The smallest absolute Gasteiger partial charge is 0.224 e. The van der Waals surface area contributed by atoms with Gasteiger partial charge in [0, 0.05) is 35.6 Å². The van der Waals surface area contributed by atoms with E-state index in [1.165, 1.54) is 5.56 Å². The molecule has 0 fully saturated rings. The molecule has 3 N–H and O–H groups in total. The topological polar surface area (TPSA) is 64.3 Å². The third-order valence-corrected chi connectivity index (χ3v) is 3.71. The first kappa shape index (κ1) is 12.3. The Balaban J connectivity index is 2.16. The Morgan fingerprint density at radius 3 is 3.06 bits per heavy atom. The lowest BCUT2D eigenvalue weighted by Gasteiger charge is -2.19. The van der Waals surface area contributed by atoms with Crippen molar-refractivity contribution in [1.29, 1.82) is 0 Å². The highest BCUT2D eigenvalue weighted by molar-refractivity contribution is 7.99. The molecule has 0 saturated heterocycles. The summed E-state index contributed by atoms with van der Waals surface area (Å²) in [5.74, 6) is 0.947.